The minimum Gasteiger partial charge on any atom is -0.352 e. The summed E-state index contributed by atoms with van der Waals surface area (Å²) in [6.07, 6.45) is 1.78. The molecule has 2 N–H and O–H groups in total. The number of aromatic nitrogens is 2. The molecular weight excluding hydrogens is 401 g/mol. The molecule has 21 heavy (non-hydrogen) atoms. The van der Waals surface area contributed by atoms with Crippen LogP contribution in [0.2, 0.25) is 5.02 Å². The van der Waals surface area contributed by atoms with Crippen molar-refractivity contribution in [1.29, 1.82) is 0 Å². The molecule has 0 saturated carbocycles. The topological polar surface area (TPSA) is 54.2 Å². The molecule has 2 aromatic rings. The Hall–Kier alpha value is -1.28. The lowest BCUT2D eigenvalue weighted by molar-refractivity contribution is 0.684. The second-order valence-electron chi connectivity index (χ2n) is 4.35. The van der Waals surface area contributed by atoms with Crippen molar-refractivity contribution >= 4 is 41.5 Å². The summed E-state index contributed by atoms with van der Waals surface area (Å²) in [5.41, 5.74) is 2.25. The molecule has 0 atom stereocenters. The number of hydrogen-bond donors (Lipinski definition) is 2. The van der Waals surface area contributed by atoms with Crippen molar-refractivity contribution in [3.63, 3.8) is 0 Å². The Morgan fingerprint density at radius 1 is 1.19 bits per heavy atom. The first-order chi connectivity index (χ1) is 9.69. The normalized spacial score (nSPS) is 10.9. The van der Waals surface area contributed by atoms with E-state index in [0.29, 0.717) is 13.1 Å². The minimum absolute atomic E-state index is 0. The molecule has 7 heteroatoms. The van der Waals surface area contributed by atoms with Gasteiger partial charge >= 0.3 is 0 Å². The van der Waals surface area contributed by atoms with Crippen LogP contribution in [0.3, 0.4) is 0 Å². The highest BCUT2D eigenvalue weighted by Gasteiger charge is 2.01. The number of guanidine groups is 1. The lowest BCUT2D eigenvalue weighted by atomic mass is 10.2. The van der Waals surface area contributed by atoms with Crippen LogP contribution in [0.1, 0.15) is 11.3 Å². The Morgan fingerprint density at radius 3 is 2.43 bits per heavy atom. The van der Waals surface area contributed by atoms with E-state index in [1.54, 1.807) is 13.2 Å². The van der Waals surface area contributed by atoms with Crippen LogP contribution in [0.25, 0.3) is 0 Å². The van der Waals surface area contributed by atoms with Gasteiger partial charge in [-0.1, -0.05) is 23.7 Å². The molecule has 1 aromatic heterocycles. The highest BCUT2D eigenvalue weighted by atomic mass is 127. The van der Waals surface area contributed by atoms with Crippen LogP contribution in [-0.4, -0.2) is 22.8 Å². The fourth-order valence-electron chi connectivity index (χ4n) is 1.76. The van der Waals surface area contributed by atoms with Crippen molar-refractivity contribution in [3.05, 3.63) is 52.8 Å². The lowest BCUT2D eigenvalue weighted by Gasteiger charge is -2.12. The molecule has 0 radical (unpaired) electrons. The van der Waals surface area contributed by atoms with Crippen molar-refractivity contribution < 1.29 is 0 Å². The first-order valence-corrected chi connectivity index (χ1v) is 6.72. The molecule has 114 valence electrons. The van der Waals surface area contributed by atoms with Gasteiger partial charge in [0.2, 0.25) is 0 Å². The smallest absolute Gasteiger partial charge is 0.191 e. The Morgan fingerprint density at radius 2 is 1.86 bits per heavy atom. The highest BCUT2D eigenvalue weighted by molar-refractivity contribution is 14.0. The van der Waals surface area contributed by atoms with Crippen molar-refractivity contribution in [3.8, 4) is 0 Å². The Bertz CT molecular complexity index is 579. The molecule has 5 nitrogen and oxygen atoms in total. The second-order valence-corrected chi connectivity index (χ2v) is 4.79. The number of rotatable bonds is 4. The molecule has 0 unspecified atom stereocenters. The van der Waals surface area contributed by atoms with Gasteiger partial charge in [-0.3, -0.25) is 9.67 Å². The zero-order chi connectivity index (χ0) is 14.4. The maximum Gasteiger partial charge on any atom is 0.191 e. The van der Waals surface area contributed by atoms with E-state index < -0.39 is 0 Å². The molecule has 1 heterocycles. The monoisotopic (exact) mass is 419 g/mol. The van der Waals surface area contributed by atoms with E-state index in [-0.39, 0.29) is 24.0 Å². The maximum atomic E-state index is 5.86. The summed E-state index contributed by atoms with van der Waals surface area (Å²) < 4.78 is 1.83. The zero-order valence-corrected chi connectivity index (χ0v) is 15.1. The molecule has 0 aliphatic carbocycles. The predicted molar refractivity (Wildman–Crippen MR) is 97.1 cm³/mol. The van der Waals surface area contributed by atoms with Gasteiger partial charge in [0.1, 0.15) is 0 Å². The van der Waals surface area contributed by atoms with Gasteiger partial charge in [0, 0.05) is 31.9 Å². The number of nitrogens with zero attached hydrogens (tertiary/aromatic N) is 3. The van der Waals surface area contributed by atoms with Crippen LogP contribution in [0.5, 0.6) is 0 Å². The standard InChI is InChI=1S/C14H18ClN5.HI/c1-16-14(18-10-13-7-8-19-20(13)2)17-9-11-3-5-12(15)6-4-11;/h3-8H,9-10H2,1-2H3,(H2,16,17,18);1H. The SMILES string of the molecule is CN=C(NCc1ccc(Cl)cc1)NCc1ccnn1C.I. The summed E-state index contributed by atoms with van der Waals surface area (Å²) in [6.45, 7) is 1.37. The zero-order valence-electron chi connectivity index (χ0n) is 12.0. The quantitative estimate of drug-likeness (QED) is 0.455. The third-order valence-corrected chi connectivity index (χ3v) is 3.21. The molecule has 0 aliphatic heterocycles. The number of nitrogens with one attached hydrogen (secondary N) is 2. The fourth-order valence-corrected chi connectivity index (χ4v) is 1.88. The van der Waals surface area contributed by atoms with Gasteiger partial charge in [0.25, 0.3) is 0 Å². The van der Waals surface area contributed by atoms with Crippen molar-refractivity contribution in [2.24, 2.45) is 12.0 Å². The van der Waals surface area contributed by atoms with Crippen LogP contribution >= 0.6 is 35.6 Å². The van der Waals surface area contributed by atoms with E-state index >= 15 is 0 Å². The molecule has 0 bridgehead atoms. The van der Waals surface area contributed by atoms with E-state index in [0.717, 1.165) is 22.2 Å². The number of aliphatic imine (C=N–C) groups is 1. The van der Waals surface area contributed by atoms with Gasteiger partial charge in [0.05, 0.1) is 12.2 Å². The van der Waals surface area contributed by atoms with Gasteiger partial charge in [0.15, 0.2) is 5.96 Å². The lowest BCUT2D eigenvalue weighted by Crippen LogP contribution is -2.36. The molecule has 0 spiro atoms. The largest absolute Gasteiger partial charge is 0.352 e. The van der Waals surface area contributed by atoms with E-state index in [9.17, 15) is 0 Å². The first kappa shape index (κ1) is 17.8. The Balaban J connectivity index is 0.00000220. The fraction of sp³-hybridized carbons (Fsp3) is 0.286. The summed E-state index contributed by atoms with van der Waals surface area (Å²) in [4.78, 5) is 4.19. The van der Waals surface area contributed by atoms with Gasteiger partial charge in [-0.25, -0.2) is 0 Å². The first-order valence-electron chi connectivity index (χ1n) is 6.35. The van der Waals surface area contributed by atoms with Crippen LogP contribution < -0.4 is 10.6 Å². The van der Waals surface area contributed by atoms with E-state index in [4.69, 9.17) is 11.6 Å². The summed E-state index contributed by atoms with van der Waals surface area (Å²) in [6, 6.07) is 9.71. The number of hydrogen-bond acceptors (Lipinski definition) is 2. The van der Waals surface area contributed by atoms with Gasteiger partial charge in [-0.2, -0.15) is 5.10 Å². The summed E-state index contributed by atoms with van der Waals surface area (Å²) in [5, 5.41) is 11.4. The number of aryl methyl sites for hydroxylation is 1. The third-order valence-electron chi connectivity index (χ3n) is 2.96. The molecule has 0 amide bonds. The van der Waals surface area contributed by atoms with Crippen LogP contribution in [0, 0.1) is 0 Å². The molecule has 0 aliphatic rings. The van der Waals surface area contributed by atoms with E-state index in [1.807, 2.05) is 42.1 Å². The van der Waals surface area contributed by atoms with Gasteiger partial charge < -0.3 is 10.6 Å². The molecule has 1 aromatic carbocycles. The van der Waals surface area contributed by atoms with E-state index in [1.165, 1.54) is 0 Å². The Kier molecular flexibility index (Phi) is 7.52. The molecule has 0 saturated heterocycles. The van der Waals surface area contributed by atoms with Crippen molar-refractivity contribution in [1.82, 2.24) is 20.4 Å². The average Bonchev–Trinajstić information content (AvgIpc) is 2.86. The molecular formula is C14H19ClIN5. The third kappa shape index (κ3) is 5.55. The predicted octanol–water partition coefficient (Wildman–Crippen LogP) is 2.56. The number of benzene rings is 1. The maximum absolute atomic E-state index is 5.86. The van der Waals surface area contributed by atoms with Crippen LogP contribution in [-0.2, 0) is 20.1 Å². The van der Waals surface area contributed by atoms with Crippen LogP contribution in [0.15, 0.2) is 41.5 Å². The van der Waals surface area contributed by atoms with Crippen molar-refractivity contribution in [2.75, 3.05) is 7.05 Å². The molecule has 2 rings (SSSR count). The number of halogens is 2. The molecule has 0 fully saturated rings. The van der Waals surface area contributed by atoms with Crippen molar-refractivity contribution in [2.45, 2.75) is 13.1 Å². The highest BCUT2D eigenvalue weighted by Crippen LogP contribution is 2.09. The van der Waals surface area contributed by atoms with Gasteiger partial charge in [-0.05, 0) is 23.8 Å². The summed E-state index contributed by atoms with van der Waals surface area (Å²) >= 11 is 5.86. The van der Waals surface area contributed by atoms with Crippen LogP contribution in [0.4, 0.5) is 0 Å². The average molecular weight is 420 g/mol. The van der Waals surface area contributed by atoms with Gasteiger partial charge in [-0.15, -0.1) is 24.0 Å². The summed E-state index contributed by atoms with van der Waals surface area (Å²) in [5.74, 6) is 0.751. The minimum atomic E-state index is 0. The van der Waals surface area contributed by atoms with E-state index in [2.05, 4.69) is 20.7 Å². The summed E-state index contributed by atoms with van der Waals surface area (Å²) in [7, 11) is 3.67. The Labute approximate surface area is 146 Å². The second kappa shape index (κ2) is 8.89.